The van der Waals surface area contributed by atoms with Gasteiger partial charge in [-0.1, -0.05) is 0 Å². The van der Waals surface area contributed by atoms with Crippen molar-refractivity contribution in [3.63, 3.8) is 0 Å². The maximum absolute atomic E-state index is 11.8. The van der Waals surface area contributed by atoms with Gasteiger partial charge in [0.15, 0.2) is 0 Å². The van der Waals surface area contributed by atoms with E-state index in [1.807, 2.05) is 4.90 Å². The van der Waals surface area contributed by atoms with Crippen molar-refractivity contribution in [1.82, 2.24) is 9.88 Å². The normalized spacial score (nSPS) is 16.9. The molecule has 0 saturated carbocycles. The van der Waals surface area contributed by atoms with Gasteiger partial charge in [-0.2, -0.15) is 0 Å². The van der Waals surface area contributed by atoms with Gasteiger partial charge in [0.05, 0.1) is 11.0 Å². The van der Waals surface area contributed by atoms with E-state index in [9.17, 15) is 14.9 Å². The summed E-state index contributed by atoms with van der Waals surface area (Å²) in [4.78, 5) is 29.9. The third-order valence-electron chi connectivity index (χ3n) is 3.24. The van der Waals surface area contributed by atoms with Crippen molar-refractivity contribution < 1.29 is 9.72 Å². The highest BCUT2D eigenvalue weighted by molar-refractivity contribution is 5.81. The summed E-state index contributed by atoms with van der Waals surface area (Å²) >= 11 is 0. The van der Waals surface area contributed by atoms with Crippen LogP contribution in [0.2, 0.25) is 0 Å². The lowest BCUT2D eigenvalue weighted by atomic mass is 10.2. The van der Waals surface area contributed by atoms with Crippen LogP contribution in [0.25, 0.3) is 0 Å². The number of nitro groups is 1. The molecule has 0 radical (unpaired) electrons. The number of aromatic nitrogens is 1. The molecule has 1 aromatic heterocycles. The Morgan fingerprint density at radius 2 is 2.10 bits per heavy atom. The van der Waals surface area contributed by atoms with Crippen LogP contribution in [0.15, 0.2) is 18.3 Å². The lowest BCUT2D eigenvalue weighted by Crippen LogP contribution is -2.52. The van der Waals surface area contributed by atoms with Crippen LogP contribution in [0.1, 0.15) is 6.92 Å². The molecule has 20 heavy (non-hydrogen) atoms. The third-order valence-corrected chi connectivity index (χ3v) is 3.24. The Bertz CT molecular complexity index is 512. The predicted octanol–water partition coefficient (Wildman–Crippen LogP) is -0.0144. The Kier molecular flexibility index (Phi) is 4.14. The smallest absolute Gasteiger partial charge is 0.311 e. The number of anilines is 1. The van der Waals surface area contributed by atoms with Crippen molar-refractivity contribution in [3.8, 4) is 0 Å². The number of amides is 1. The molecule has 1 aliphatic heterocycles. The van der Waals surface area contributed by atoms with E-state index in [4.69, 9.17) is 5.73 Å². The van der Waals surface area contributed by atoms with E-state index in [1.54, 1.807) is 11.8 Å². The number of nitrogens with zero attached hydrogens (tertiary/aromatic N) is 4. The third kappa shape index (κ3) is 2.85. The minimum absolute atomic E-state index is 0.0144. The summed E-state index contributed by atoms with van der Waals surface area (Å²) in [5, 5.41) is 11.0. The van der Waals surface area contributed by atoms with Gasteiger partial charge in [0.2, 0.25) is 11.7 Å². The van der Waals surface area contributed by atoms with Crippen molar-refractivity contribution in [1.29, 1.82) is 0 Å². The summed E-state index contributed by atoms with van der Waals surface area (Å²) in [6.07, 6.45) is 1.53. The molecule has 1 aromatic rings. The molecule has 1 fully saturated rings. The zero-order chi connectivity index (χ0) is 14.7. The number of hydrogen-bond donors (Lipinski definition) is 1. The van der Waals surface area contributed by atoms with Crippen LogP contribution in [0.5, 0.6) is 0 Å². The van der Waals surface area contributed by atoms with E-state index in [1.165, 1.54) is 18.3 Å². The van der Waals surface area contributed by atoms with E-state index in [-0.39, 0.29) is 11.6 Å². The zero-order valence-corrected chi connectivity index (χ0v) is 11.2. The number of carbonyl (C=O) groups excluding carboxylic acids is 1. The Morgan fingerprint density at radius 3 is 2.65 bits per heavy atom. The van der Waals surface area contributed by atoms with Gasteiger partial charge in [-0.15, -0.1) is 0 Å². The number of nitrogens with two attached hydrogens (primary N) is 1. The standard InChI is InChI=1S/C12H17N5O3/c1-9(13)12(18)16-7-5-15(6-8-16)11-10(17(19)20)3-2-4-14-11/h2-4,9H,5-8,13H2,1H3. The Morgan fingerprint density at radius 1 is 1.45 bits per heavy atom. The van der Waals surface area contributed by atoms with Crippen LogP contribution in [0.3, 0.4) is 0 Å². The molecule has 0 aromatic carbocycles. The average Bonchev–Trinajstić information content (AvgIpc) is 2.46. The van der Waals surface area contributed by atoms with Gasteiger partial charge in [0.25, 0.3) is 0 Å². The fourth-order valence-corrected chi connectivity index (χ4v) is 2.20. The van der Waals surface area contributed by atoms with E-state index < -0.39 is 11.0 Å². The molecule has 1 saturated heterocycles. The van der Waals surface area contributed by atoms with E-state index in [2.05, 4.69) is 4.98 Å². The number of piperazine rings is 1. The summed E-state index contributed by atoms with van der Waals surface area (Å²) in [5.74, 6) is 0.255. The summed E-state index contributed by atoms with van der Waals surface area (Å²) in [6.45, 7) is 3.66. The zero-order valence-electron chi connectivity index (χ0n) is 11.2. The Labute approximate surface area is 116 Å². The fourth-order valence-electron chi connectivity index (χ4n) is 2.20. The van der Waals surface area contributed by atoms with Crippen LogP contribution < -0.4 is 10.6 Å². The van der Waals surface area contributed by atoms with Crippen LogP contribution in [-0.2, 0) is 4.79 Å². The van der Waals surface area contributed by atoms with Crippen LogP contribution in [0.4, 0.5) is 11.5 Å². The second-order valence-electron chi connectivity index (χ2n) is 4.70. The summed E-state index contributed by atoms with van der Waals surface area (Å²) in [7, 11) is 0. The Hall–Kier alpha value is -2.22. The summed E-state index contributed by atoms with van der Waals surface area (Å²) < 4.78 is 0. The second-order valence-corrected chi connectivity index (χ2v) is 4.70. The maximum Gasteiger partial charge on any atom is 0.311 e. The van der Waals surface area contributed by atoms with Gasteiger partial charge >= 0.3 is 5.69 Å². The van der Waals surface area contributed by atoms with Crippen molar-refractivity contribution in [2.75, 3.05) is 31.1 Å². The van der Waals surface area contributed by atoms with Crippen LogP contribution in [0, 0.1) is 10.1 Å². The number of pyridine rings is 1. The van der Waals surface area contributed by atoms with E-state index in [0.29, 0.717) is 32.0 Å². The molecule has 0 bridgehead atoms. The van der Waals surface area contributed by atoms with Gasteiger partial charge in [0, 0.05) is 38.4 Å². The molecule has 2 N–H and O–H groups in total. The maximum atomic E-state index is 11.8. The first-order valence-electron chi connectivity index (χ1n) is 6.39. The largest absolute Gasteiger partial charge is 0.347 e. The van der Waals surface area contributed by atoms with Crippen molar-refractivity contribution in [2.45, 2.75) is 13.0 Å². The minimum atomic E-state index is -0.522. The molecular formula is C12H17N5O3. The van der Waals surface area contributed by atoms with E-state index >= 15 is 0 Å². The molecule has 108 valence electrons. The van der Waals surface area contributed by atoms with Crippen LogP contribution >= 0.6 is 0 Å². The highest BCUT2D eigenvalue weighted by Crippen LogP contribution is 2.25. The molecule has 0 spiro atoms. The van der Waals surface area contributed by atoms with Gasteiger partial charge in [-0.25, -0.2) is 4.98 Å². The highest BCUT2D eigenvalue weighted by Gasteiger charge is 2.27. The molecule has 1 aliphatic rings. The molecular weight excluding hydrogens is 262 g/mol. The second kappa shape index (κ2) is 5.83. The SMILES string of the molecule is CC(N)C(=O)N1CCN(c2ncccc2[N+](=O)[O-])CC1. The fraction of sp³-hybridized carbons (Fsp3) is 0.500. The van der Waals surface area contributed by atoms with Crippen molar-refractivity contribution >= 4 is 17.4 Å². The molecule has 1 atom stereocenters. The minimum Gasteiger partial charge on any atom is -0.347 e. The first-order valence-corrected chi connectivity index (χ1v) is 6.39. The van der Waals surface area contributed by atoms with Crippen LogP contribution in [-0.4, -0.2) is 52.9 Å². The first kappa shape index (κ1) is 14.2. The molecule has 1 unspecified atom stereocenters. The molecule has 0 aliphatic carbocycles. The monoisotopic (exact) mass is 279 g/mol. The number of rotatable bonds is 3. The quantitative estimate of drug-likeness (QED) is 0.616. The molecule has 2 heterocycles. The lowest BCUT2D eigenvalue weighted by Gasteiger charge is -2.35. The molecule has 2 rings (SSSR count). The highest BCUT2D eigenvalue weighted by atomic mass is 16.6. The average molecular weight is 279 g/mol. The molecule has 8 heteroatoms. The number of carbonyl (C=O) groups is 1. The first-order chi connectivity index (χ1) is 9.50. The molecule has 1 amide bonds. The van der Waals surface area contributed by atoms with Gasteiger partial charge in [-0.3, -0.25) is 14.9 Å². The van der Waals surface area contributed by atoms with Crippen molar-refractivity contribution in [3.05, 3.63) is 28.4 Å². The number of hydrogen-bond acceptors (Lipinski definition) is 6. The topological polar surface area (TPSA) is 106 Å². The van der Waals surface area contributed by atoms with Gasteiger partial charge < -0.3 is 15.5 Å². The lowest BCUT2D eigenvalue weighted by molar-refractivity contribution is -0.384. The summed E-state index contributed by atoms with van der Waals surface area (Å²) in [6, 6.07) is 2.45. The Balaban J connectivity index is 2.08. The van der Waals surface area contributed by atoms with Crippen molar-refractivity contribution in [2.24, 2.45) is 5.73 Å². The molecule has 8 nitrogen and oxygen atoms in total. The summed E-state index contributed by atoms with van der Waals surface area (Å²) in [5.41, 5.74) is 5.56. The predicted molar refractivity (Wildman–Crippen MR) is 73.3 cm³/mol. The van der Waals surface area contributed by atoms with Gasteiger partial charge in [-0.05, 0) is 13.0 Å². The van der Waals surface area contributed by atoms with Gasteiger partial charge in [0.1, 0.15) is 0 Å². The van der Waals surface area contributed by atoms with E-state index in [0.717, 1.165) is 0 Å².